The first-order valence-corrected chi connectivity index (χ1v) is 17.1. The number of hydrogen-bond donors (Lipinski definition) is 1. The Morgan fingerprint density at radius 1 is 0.860 bits per heavy atom. The van der Waals surface area contributed by atoms with Gasteiger partial charge in [-0.1, -0.05) is 32.4 Å². The third kappa shape index (κ3) is 7.19. The van der Waals surface area contributed by atoms with Crippen molar-refractivity contribution in [2.24, 2.45) is 0 Å². The standard InChI is InChI=1S/C37H46N2O3S/c1-3-39(4-2)34-9-5-6-10-35(34)42-31-16-11-27(12-17-31)25-33-32-20-15-29(40)26-36(32)43-37(33)28-13-18-30(19-14-28)41-24-23-38-21-7-8-22-38/h11-20,26,34-35,40H,3-10,21-25H2,1-2H3/t34-,35-/m0/s1. The fourth-order valence-electron chi connectivity index (χ4n) is 6.94. The van der Waals surface area contributed by atoms with Crippen LogP contribution in [0.15, 0.2) is 66.7 Å². The molecular weight excluding hydrogens is 552 g/mol. The van der Waals surface area contributed by atoms with Crippen LogP contribution in [0.5, 0.6) is 17.2 Å². The van der Waals surface area contributed by atoms with E-state index in [2.05, 4.69) is 78.2 Å². The molecule has 6 rings (SSSR count). The Bertz CT molecular complexity index is 1460. The second-order valence-electron chi connectivity index (χ2n) is 12.1. The monoisotopic (exact) mass is 598 g/mol. The summed E-state index contributed by atoms with van der Waals surface area (Å²) >= 11 is 1.75. The van der Waals surface area contributed by atoms with Gasteiger partial charge in [-0.2, -0.15) is 0 Å². The first-order chi connectivity index (χ1) is 21.1. The van der Waals surface area contributed by atoms with Crippen LogP contribution in [-0.4, -0.2) is 66.4 Å². The smallest absolute Gasteiger partial charge is 0.119 e. The average molecular weight is 599 g/mol. The zero-order valence-corrected chi connectivity index (χ0v) is 26.6. The van der Waals surface area contributed by atoms with Crippen LogP contribution in [0.3, 0.4) is 0 Å². The molecule has 0 amide bonds. The maximum absolute atomic E-state index is 10.2. The van der Waals surface area contributed by atoms with Gasteiger partial charge in [0.2, 0.25) is 0 Å². The first-order valence-electron chi connectivity index (χ1n) is 16.3. The van der Waals surface area contributed by atoms with Crippen molar-refractivity contribution in [1.29, 1.82) is 0 Å². The minimum Gasteiger partial charge on any atom is -0.508 e. The Morgan fingerprint density at radius 3 is 2.33 bits per heavy atom. The lowest BCUT2D eigenvalue weighted by molar-refractivity contribution is 0.0413. The minimum atomic E-state index is 0.256. The highest BCUT2D eigenvalue weighted by Crippen LogP contribution is 2.41. The lowest BCUT2D eigenvalue weighted by Crippen LogP contribution is -2.47. The molecule has 2 atom stereocenters. The van der Waals surface area contributed by atoms with E-state index in [9.17, 15) is 5.11 Å². The van der Waals surface area contributed by atoms with Gasteiger partial charge < -0.3 is 14.6 Å². The molecule has 6 heteroatoms. The van der Waals surface area contributed by atoms with Gasteiger partial charge in [0.1, 0.15) is 30.0 Å². The van der Waals surface area contributed by atoms with Crippen molar-refractivity contribution < 1.29 is 14.6 Å². The van der Waals surface area contributed by atoms with Gasteiger partial charge in [0.25, 0.3) is 0 Å². The maximum Gasteiger partial charge on any atom is 0.119 e. The van der Waals surface area contributed by atoms with Crippen LogP contribution < -0.4 is 9.47 Å². The number of aromatic hydroxyl groups is 1. The molecule has 4 aromatic rings. The lowest BCUT2D eigenvalue weighted by Gasteiger charge is -2.39. The molecule has 0 bridgehead atoms. The SMILES string of the molecule is CCN(CC)[C@H]1CCCC[C@@H]1Oc1ccc(Cc2c(-c3ccc(OCCN4CCCC4)cc3)sc3cc(O)ccc23)cc1. The van der Waals surface area contributed by atoms with E-state index >= 15 is 0 Å². The second-order valence-corrected chi connectivity index (χ2v) is 13.1. The number of thiophene rings is 1. The largest absolute Gasteiger partial charge is 0.508 e. The molecule has 2 fully saturated rings. The summed E-state index contributed by atoms with van der Waals surface area (Å²) in [6.07, 6.45) is 8.58. The Kier molecular flexibility index (Phi) is 9.87. The molecule has 228 valence electrons. The molecule has 1 saturated carbocycles. The molecule has 0 radical (unpaired) electrons. The van der Waals surface area contributed by atoms with E-state index in [0.717, 1.165) is 55.3 Å². The highest BCUT2D eigenvalue weighted by molar-refractivity contribution is 7.22. The van der Waals surface area contributed by atoms with Gasteiger partial charge in [0.05, 0.1) is 0 Å². The number of ether oxygens (including phenoxy) is 2. The Balaban J connectivity index is 1.18. The summed E-state index contributed by atoms with van der Waals surface area (Å²) in [5.41, 5.74) is 3.74. The number of phenols is 1. The lowest BCUT2D eigenvalue weighted by atomic mass is 9.91. The third-order valence-electron chi connectivity index (χ3n) is 9.31. The molecule has 2 heterocycles. The summed E-state index contributed by atoms with van der Waals surface area (Å²) in [6, 6.07) is 23.5. The van der Waals surface area contributed by atoms with E-state index in [1.54, 1.807) is 17.4 Å². The first kappa shape index (κ1) is 30.0. The number of likely N-dealkylation sites (tertiary alicyclic amines) is 1. The Hall–Kier alpha value is -3.06. The van der Waals surface area contributed by atoms with Gasteiger partial charge in [-0.3, -0.25) is 9.80 Å². The molecule has 1 aliphatic carbocycles. The van der Waals surface area contributed by atoms with Crippen LogP contribution in [-0.2, 0) is 6.42 Å². The maximum atomic E-state index is 10.2. The van der Waals surface area contributed by atoms with E-state index in [0.29, 0.717) is 11.8 Å². The predicted molar refractivity (Wildman–Crippen MR) is 179 cm³/mol. The highest BCUT2D eigenvalue weighted by Gasteiger charge is 2.30. The van der Waals surface area contributed by atoms with Gasteiger partial charge in [-0.05, 0) is 141 Å². The van der Waals surface area contributed by atoms with Crippen molar-refractivity contribution in [3.63, 3.8) is 0 Å². The van der Waals surface area contributed by atoms with E-state index in [1.807, 2.05) is 6.07 Å². The zero-order chi connectivity index (χ0) is 29.6. The molecule has 3 aromatic carbocycles. The van der Waals surface area contributed by atoms with E-state index in [4.69, 9.17) is 9.47 Å². The topological polar surface area (TPSA) is 45.2 Å². The number of nitrogens with zero attached hydrogens (tertiary/aromatic N) is 2. The van der Waals surface area contributed by atoms with Crippen LogP contribution in [0.4, 0.5) is 0 Å². The summed E-state index contributed by atoms with van der Waals surface area (Å²) < 4.78 is 13.8. The van der Waals surface area contributed by atoms with Crippen molar-refractivity contribution in [1.82, 2.24) is 9.80 Å². The Labute approximate surface area is 261 Å². The van der Waals surface area contributed by atoms with Crippen molar-refractivity contribution in [3.8, 4) is 27.7 Å². The second kappa shape index (κ2) is 14.1. The predicted octanol–water partition coefficient (Wildman–Crippen LogP) is 8.37. The fraction of sp³-hybridized carbons (Fsp3) is 0.459. The molecule has 5 nitrogen and oxygen atoms in total. The number of benzene rings is 3. The zero-order valence-electron chi connectivity index (χ0n) is 25.8. The molecule has 1 aliphatic heterocycles. The van der Waals surface area contributed by atoms with Crippen LogP contribution in [0.2, 0.25) is 0 Å². The highest BCUT2D eigenvalue weighted by atomic mass is 32.1. The molecule has 2 aliphatic rings. The summed E-state index contributed by atoms with van der Waals surface area (Å²) in [5.74, 6) is 2.19. The van der Waals surface area contributed by atoms with Crippen LogP contribution in [0.1, 0.15) is 63.5 Å². The van der Waals surface area contributed by atoms with Crippen LogP contribution in [0.25, 0.3) is 20.5 Å². The fourth-order valence-corrected chi connectivity index (χ4v) is 8.20. The van der Waals surface area contributed by atoms with Crippen molar-refractivity contribution in [2.45, 2.75) is 70.9 Å². The molecule has 1 saturated heterocycles. The number of rotatable bonds is 12. The van der Waals surface area contributed by atoms with Gasteiger partial charge in [0.15, 0.2) is 0 Å². The number of likely N-dealkylation sites (N-methyl/N-ethyl adjacent to an activating group) is 1. The summed E-state index contributed by atoms with van der Waals surface area (Å²) in [5, 5.41) is 11.4. The van der Waals surface area contributed by atoms with Crippen molar-refractivity contribution >= 4 is 21.4 Å². The number of phenolic OH excluding ortho intramolecular Hbond substituents is 1. The number of fused-ring (bicyclic) bond motifs is 1. The molecule has 43 heavy (non-hydrogen) atoms. The van der Waals surface area contributed by atoms with Gasteiger partial charge >= 0.3 is 0 Å². The van der Waals surface area contributed by atoms with E-state index in [-0.39, 0.29) is 6.10 Å². The molecule has 1 aromatic heterocycles. The Morgan fingerprint density at radius 2 is 1.58 bits per heavy atom. The third-order valence-corrected chi connectivity index (χ3v) is 10.6. The minimum absolute atomic E-state index is 0.256. The molecule has 0 spiro atoms. The van der Waals surface area contributed by atoms with Gasteiger partial charge in [-0.25, -0.2) is 0 Å². The van der Waals surface area contributed by atoms with E-state index in [1.165, 1.54) is 72.1 Å². The van der Waals surface area contributed by atoms with Crippen LogP contribution >= 0.6 is 11.3 Å². The van der Waals surface area contributed by atoms with Crippen LogP contribution in [0, 0.1) is 0 Å². The molecule has 0 unspecified atom stereocenters. The number of hydrogen-bond acceptors (Lipinski definition) is 6. The normalized spacial score (nSPS) is 19.3. The summed E-state index contributed by atoms with van der Waals surface area (Å²) in [4.78, 5) is 6.28. The van der Waals surface area contributed by atoms with Crippen molar-refractivity contribution in [2.75, 3.05) is 39.3 Å². The van der Waals surface area contributed by atoms with Gasteiger partial charge in [0, 0.05) is 22.2 Å². The van der Waals surface area contributed by atoms with Crippen molar-refractivity contribution in [3.05, 3.63) is 77.9 Å². The molecular formula is C37H46N2O3S. The molecule has 1 N–H and O–H groups in total. The quantitative estimate of drug-likeness (QED) is 0.178. The summed E-state index contributed by atoms with van der Waals surface area (Å²) in [7, 11) is 0. The van der Waals surface area contributed by atoms with E-state index < -0.39 is 0 Å². The average Bonchev–Trinajstić information content (AvgIpc) is 3.68. The van der Waals surface area contributed by atoms with Gasteiger partial charge in [-0.15, -0.1) is 11.3 Å². The summed E-state index contributed by atoms with van der Waals surface area (Å²) in [6.45, 7) is 10.8.